The van der Waals surface area contributed by atoms with Gasteiger partial charge in [-0.1, -0.05) is 0 Å². The molecular formula is C21H19NO7S. The van der Waals surface area contributed by atoms with E-state index in [9.17, 15) is 18.0 Å². The minimum Gasteiger partial charge on any atom is -0.497 e. The van der Waals surface area contributed by atoms with Crippen LogP contribution < -0.4 is 20.2 Å². The number of carbonyl (C=O) groups is 1. The Bertz CT molecular complexity index is 1260. The van der Waals surface area contributed by atoms with Gasteiger partial charge in [0.25, 0.3) is 5.91 Å². The molecule has 1 atom stereocenters. The van der Waals surface area contributed by atoms with E-state index in [1.807, 2.05) is 0 Å². The lowest BCUT2D eigenvalue weighted by atomic mass is 10.2. The van der Waals surface area contributed by atoms with E-state index in [1.54, 1.807) is 42.5 Å². The second kappa shape index (κ2) is 7.83. The lowest BCUT2D eigenvalue weighted by molar-refractivity contribution is 0.0941. The van der Waals surface area contributed by atoms with Crippen LogP contribution in [-0.4, -0.2) is 39.0 Å². The number of nitrogens with one attached hydrogen (secondary N) is 1. The van der Waals surface area contributed by atoms with Gasteiger partial charge in [-0.05, 0) is 42.8 Å². The van der Waals surface area contributed by atoms with Crippen molar-refractivity contribution in [3.05, 3.63) is 64.5 Å². The van der Waals surface area contributed by atoms with Gasteiger partial charge in [-0.15, -0.1) is 0 Å². The van der Waals surface area contributed by atoms with E-state index < -0.39 is 9.84 Å². The maximum absolute atomic E-state index is 12.6. The van der Waals surface area contributed by atoms with Crippen molar-refractivity contribution in [2.75, 3.05) is 18.6 Å². The first-order chi connectivity index (χ1) is 14.3. The molecule has 1 saturated heterocycles. The van der Waals surface area contributed by atoms with Crippen molar-refractivity contribution >= 4 is 26.7 Å². The molecule has 1 N–H and O–H groups in total. The van der Waals surface area contributed by atoms with Crippen molar-refractivity contribution in [3.63, 3.8) is 0 Å². The number of hydrogen-bond acceptors (Lipinski definition) is 7. The minimum atomic E-state index is -3.07. The summed E-state index contributed by atoms with van der Waals surface area (Å²) < 4.78 is 39.2. The number of rotatable bonds is 5. The molecule has 1 aliphatic heterocycles. The van der Waals surface area contributed by atoms with Crippen molar-refractivity contribution in [3.8, 4) is 17.2 Å². The Balaban J connectivity index is 1.47. The second-order valence-corrected chi connectivity index (χ2v) is 9.22. The van der Waals surface area contributed by atoms with E-state index in [0.717, 1.165) is 0 Å². The number of methoxy groups -OCH3 is 1. The van der Waals surface area contributed by atoms with Crippen LogP contribution in [0.3, 0.4) is 0 Å². The summed E-state index contributed by atoms with van der Waals surface area (Å²) in [6.45, 7) is 0. The summed E-state index contributed by atoms with van der Waals surface area (Å²) in [5, 5.41) is 3.08. The van der Waals surface area contributed by atoms with Gasteiger partial charge >= 0.3 is 0 Å². The van der Waals surface area contributed by atoms with E-state index >= 15 is 0 Å². The first-order valence-electron chi connectivity index (χ1n) is 9.23. The molecule has 3 aromatic rings. The van der Waals surface area contributed by atoms with Gasteiger partial charge < -0.3 is 19.2 Å². The Morgan fingerprint density at radius 1 is 1.13 bits per heavy atom. The van der Waals surface area contributed by atoms with Crippen LogP contribution in [0.5, 0.6) is 17.2 Å². The van der Waals surface area contributed by atoms with E-state index in [1.165, 1.54) is 13.4 Å². The Morgan fingerprint density at radius 3 is 2.53 bits per heavy atom. The standard InChI is InChI=1S/C21H19NO7S/c1-27-16-6-7-17-18(10-16)28-11-19(20(17)23)29-15-4-2-13(3-5-15)21(24)22-14-8-9-30(25,26)12-14/h2-7,10-11,14H,8-9,12H2,1H3,(H,22,24)/t14-/m1/s1. The zero-order chi connectivity index (χ0) is 21.3. The fourth-order valence-electron chi connectivity index (χ4n) is 3.27. The molecule has 2 heterocycles. The summed E-state index contributed by atoms with van der Waals surface area (Å²) in [4.78, 5) is 24.9. The summed E-state index contributed by atoms with van der Waals surface area (Å²) in [5.74, 6) is 0.637. The second-order valence-electron chi connectivity index (χ2n) is 6.99. The maximum atomic E-state index is 12.6. The van der Waals surface area contributed by atoms with Crippen LogP contribution in [-0.2, 0) is 9.84 Å². The van der Waals surface area contributed by atoms with Gasteiger partial charge in [-0.25, -0.2) is 8.42 Å². The van der Waals surface area contributed by atoms with Gasteiger partial charge in [0.2, 0.25) is 11.2 Å². The Kier molecular flexibility index (Phi) is 5.21. The minimum absolute atomic E-state index is 0.0148. The Hall–Kier alpha value is -3.33. The zero-order valence-corrected chi connectivity index (χ0v) is 16.9. The molecule has 0 radical (unpaired) electrons. The topological polar surface area (TPSA) is 112 Å². The molecule has 0 spiro atoms. The number of ether oxygens (including phenoxy) is 2. The van der Waals surface area contributed by atoms with Gasteiger partial charge in [0.05, 0.1) is 24.0 Å². The molecule has 1 amide bonds. The third-order valence-electron chi connectivity index (χ3n) is 4.86. The molecule has 0 aliphatic carbocycles. The van der Waals surface area contributed by atoms with Crippen LogP contribution in [0.4, 0.5) is 0 Å². The average Bonchev–Trinajstić information content (AvgIpc) is 3.08. The average molecular weight is 429 g/mol. The monoisotopic (exact) mass is 429 g/mol. The summed E-state index contributed by atoms with van der Waals surface area (Å²) in [5.41, 5.74) is 0.417. The number of carbonyl (C=O) groups excluding carboxylic acids is 1. The predicted molar refractivity (Wildman–Crippen MR) is 110 cm³/mol. The summed E-state index contributed by atoms with van der Waals surface area (Å²) in [6, 6.07) is 10.7. The quantitative estimate of drug-likeness (QED) is 0.663. The van der Waals surface area contributed by atoms with E-state index in [2.05, 4.69) is 5.32 Å². The van der Waals surface area contributed by atoms with Gasteiger partial charge in [-0.3, -0.25) is 9.59 Å². The van der Waals surface area contributed by atoms with Crippen molar-refractivity contribution in [1.82, 2.24) is 5.32 Å². The molecule has 4 rings (SSSR count). The van der Waals surface area contributed by atoms with Crippen LogP contribution in [0.15, 0.2) is 57.9 Å². The summed E-state index contributed by atoms with van der Waals surface area (Å²) >= 11 is 0. The van der Waals surface area contributed by atoms with Gasteiger partial charge in [0.1, 0.15) is 23.3 Å². The summed E-state index contributed by atoms with van der Waals surface area (Å²) in [6.07, 6.45) is 1.64. The van der Waals surface area contributed by atoms with Crippen molar-refractivity contribution in [1.29, 1.82) is 0 Å². The normalized spacial score (nSPS) is 17.6. The summed E-state index contributed by atoms with van der Waals surface area (Å²) in [7, 11) is -1.54. The first-order valence-corrected chi connectivity index (χ1v) is 11.1. The highest BCUT2D eigenvalue weighted by molar-refractivity contribution is 7.91. The van der Waals surface area contributed by atoms with Crippen LogP contribution in [0, 0.1) is 0 Å². The molecule has 0 saturated carbocycles. The molecule has 0 bridgehead atoms. The highest BCUT2D eigenvalue weighted by atomic mass is 32.2. The lowest BCUT2D eigenvalue weighted by Gasteiger charge is -2.11. The molecular weight excluding hydrogens is 410 g/mol. The Labute approximate surface area is 172 Å². The molecule has 1 aliphatic rings. The molecule has 8 nitrogen and oxygen atoms in total. The highest BCUT2D eigenvalue weighted by Crippen LogP contribution is 2.24. The maximum Gasteiger partial charge on any atom is 0.251 e. The highest BCUT2D eigenvalue weighted by Gasteiger charge is 2.29. The van der Waals surface area contributed by atoms with Gasteiger partial charge in [0, 0.05) is 17.7 Å². The van der Waals surface area contributed by atoms with Crippen LogP contribution in [0.1, 0.15) is 16.8 Å². The van der Waals surface area contributed by atoms with Crippen LogP contribution >= 0.6 is 0 Å². The van der Waals surface area contributed by atoms with Crippen LogP contribution in [0.25, 0.3) is 11.0 Å². The van der Waals surface area contributed by atoms with Crippen molar-refractivity contribution in [2.45, 2.75) is 12.5 Å². The van der Waals surface area contributed by atoms with Crippen molar-refractivity contribution in [2.24, 2.45) is 0 Å². The largest absolute Gasteiger partial charge is 0.497 e. The fraction of sp³-hybridized carbons (Fsp3) is 0.238. The van der Waals surface area contributed by atoms with Gasteiger partial charge in [0.15, 0.2) is 9.84 Å². The molecule has 156 valence electrons. The molecule has 9 heteroatoms. The molecule has 1 aromatic heterocycles. The molecule has 0 unspecified atom stereocenters. The van der Waals surface area contributed by atoms with Crippen LogP contribution in [0.2, 0.25) is 0 Å². The lowest BCUT2D eigenvalue weighted by Crippen LogP contribution is -2.35. The smallest absolute Gasteiger partial charge is 0.251 e. The van der Waals surface area contributed by atoms with E-state index in [4.69, 9.17) is 13.9 Å². The fourth-order valence-corrected chi connectivity index (χ4v) is 4.94. The molecule has 30 heavy (non-hydrogen) atoms. The predicted octanol–water partition coefficient (Wildman–Crippen LogP) is 2.51. The SMILES string of the molecule is COc1ccc2c(=O)c(Oc3ccc(C(=O)N[C@@H]4CCS(=O)(=O)C4)cc3)coc2c1. The Morgan fingerprint density at radius 2 is 1.87 bits per heavy atom. The van der Waals surface area contributed by atoms with E-state index in [-0.39, 0.29) is 34.6 Å². The number of sulfone groups is 1. The van der Waals surface area contributed by atoms with Crippen molar-refractivity contribution < 1.29 is 27.1 Å². The number of hydrogen-bond donors (Lipinski definition) is 1. The third kappa shape index (κ3) is 4.16. The zero-order valence-electron chi connectivity index (χ0n) is 16.1. The molecule has 1 fully saturated rings. The molecule has 2 aromatic carbocycles. The number of fused-ring (bicyclic) bond motifs is 1. The van der Waals surface area contributed by atoms with E-state index in [0.29, 0.717) is 34.5 Å². The first kappa shape index (κ1) is 20.0. The third-order valence-corrected chi connectivity index (χ3v) is 6.63. The number of benzene rings is 2. The number of amides is 1. The van der Waals surface area contributed by atoms with Gasteiger partial charge in [-0.2, -0.15) is 0 Å².